The van der Waals surface area contributed by atoms with Gasteiger partial charge in [-0.05, 0) is 37.1 Å². The van der Waals surface area contributed by atoms with Crippen LogP contribution in [0.25, 0.3) is 22.2 Å². The molecule has 0 aliphatic rings. The number of carbonyl (C=O) groups is 1. The maximum atomic E-state index is 12.2. The molecule has 0 fully saturated rings. The summed E-state index contributed by atoms with van der Waals surface area (Å²) in [7, 11) is 3.57. The van der Waals surface area contributed by atoms with Crippen LogP contribution in [0.2, 0.25) is 5.02 Å². The van der Waals surface area contributed by atoms with E-state index in [-0.39, 0.29) is 5.78 Å². The van der Waals surface area contributed by atoms with Gasteiger partial charge in [-0.1, -0.05) is 48.0 Å². The zero-order chi connectivity index (χ0) is 21.4. The number of carbonyl (C=O) groups excluding carboxylic acids is 1. The average Bonchev–Trinajstić information content (AvgIpc) is 3.05. The quantitative estimate of drug-likeness (QED) is 0.394. The van der Waals surface area contributed by atoms with E-state index in [1.807, 2.05) is 67.1 Å². The molecule has 1 N–H and O–H groups in total. The van der Waals surface area contributed by atoms with E-state index < -0.39 is 0 Å². The van der Waals surface area contributed by atoms with E-state index in [2.05, 4.69) is 5.32 Å². The van der Waals surface area contributed by atoms with Gasteiger partial charge in [0.25, 0.3) is 0 Å². The van der Waals surface area contributed by atoms with Crippen molar-refractivity contribution in [2.45, 2.75) is 13.8 Å². The molecule has 0 saturated heterocycles. The van der Waals surface area contributed by atoms with Crippen molar-refractivity contribution in [2.75, 3.05) is 12.4 Å². The standard InChI is InChI=1S/C24H22ClN3O2/c1-14-12-16(25)13-21(30-4)22(14)27-24-26-20-11-7-10-19(23(20)28(24)3)18-9-6-5-8-17(18)15(2)29/h5-13H,1-4H3,(H,26,27). The van der Waals surface area contributed by atoms with Crippen LogP contribution in [0, 0.1) is 6.92 Å². The fourth-order valence-corrected chi connectivity index (χ4v) is 4.03. The van der Waals surface area contributed by atoms with Crippen molar-refractivity contribution < 1.29 is 9.53 Å². The largest absolute Gasteiger partial charge is 0.495 e. The molecule has 0 radical (unpaired) electrons. The number of halogens is 1. The molecule has 4 rings (SSSR count). The zero-order valence-corrected chi connectivity index (χ0v) is 18.0. The molecule has 0 bridgehead atoms. The molecule has 0 aliphatic heterocycles. The van der Waals surface area contributed by atoms with E-state index >= 15 is 0 Å². The van der Waals surface area contributed by atoms with Crippen molar-refractivity contribution >= 4 is 40.1 Å². The lowest BCUT2D eigenvalue weighted by atomic mass is 9.96. The van der Waals surface area contributed by atoms with E-state index in [4.69, 9.17) is 21.3 Å². The van der Waals surface area contributed by atoms with Gasteiger partial charge in [0.1, 0.15) is 5.75 Å². The van der Waals surface area contributed by atoms with Gasteiger partial charge in [-0.2, -0.15) is 0 Å². The minimum atomic E-state index is 0.0321. The fourth-order valence-electron chi connectivity index (χ4n) is 3.77. The molecule has 0 unspecified atom stereocenters. The number of hydrogen-bond acceptors (Lipinski definition) is 4. The van der Waals surface area contributed by atoms with Gasteiger partial charge in [0, 0.05) is 29.3 Å². The number of para-hydroxylation sites is 1. The Morgan fingerprint density at radius 2 is 1.83 bits per heavy atom. The van der Waals surface area contributed by atoms with Gasteiger partial charge in [0.15, 0.2) is 5.78 Å². The van der Waals surface area contributed by atoms with Gasteiger partial charge in [0.05, 0.1) is 23.8 Å². The van der Waals surface area contributed by atoms with E-state index in [1.54, 1.807) is 20.1 Å². The van der Waals surface area contributed by atoms with E-state index in [0.29, 0.717) is 22.3 Å². The Labute approximate surface area is 180 Å². The normalized spacial score (nSPS) is 11.0. The van der Waals surface area contributed by atoms with Crippen LogP contribution in [-0.4, -0.2) is 22.4 Å². The van der Waals surface area contributed by atoms with Crippen molar-refractivity contribution in [1.82, 2.24) is 9.55 Å². The first-order valence-electron chi connectivity index (χ1n) is 9.57. The molecule has 0 atom stereocenters. The van der Waals surface area contributed by atoms with Crippen molar-refractivity contribution in [2.24, 2.45) is 7.05 Å². The summed E-state index contributed by atoms with van der Waals surface area (Å²) in [5, 5.41) is 4.01. The maximum absolute atomic E-state index is 12.2. The highest BCUT2D eigenvalue weighted by Crippen LogP contribution is 2.37. The number of anilines is 2. The Hall–Kier alpha value is -3.31. The second-order valence-corrected chi connectivity index (χ2v) is 7.63. The van der Waals surface area contributed by atoms with Gasteiger partial charge in [-0.3, -0.25) is 4.79 Å². The smallest absolute Gasteiger partial charge is 0.208 e. The summed E-state index contributed by atoms with van der Waals surface area (Å²) in [5.41, 5.74) is 6.09. The maximum Gasteiger partial charge on any atom is 0.208 e. The van der Waals surface area contributed by atoms with Crippen LogP contribution >= 0.6 is 11.6 Å². The van der Waals surface area contributed by atoms with Gasteiger partial charge in [0.2, 0.25) is 5.95 Å². The predicted octanol–water partition coefficient (Wildman–Crippen LogP) is 6.16. The Bertz CT molecular complexity index is 1280. The lowest BCUT2D eigenvalue weighted by molar-refractivity contribution is 0.101. The number of ether oxygens (including phenoxy) is 1. The summed E-state index contributed by atoms with van der Waals surface area (Å²) >= 11 is 6.17. The van der Waals surface area contributed by atoms with Crippen LogP contribution in [0.15, 0.2) is 54.6 Å². The molecule has 3 aromatic carbocycles. The first-order valence-corrected chi connectivity index (χ1v) is 9.95. The van der Waals surface area contributed by atoms with E-state index in [1.165, 1.54) is 0 Å². The van der Waals surface area contributed by atoms with Crippen LogP contribution in [-0.2, 0) is 7.05 Å². The van der Waals surface area contributed by atoms with Crippen molar-refractivity contribution in [3.63, 3.8) is 0 Å². The molecule has 1 aromatic heterocycles. The number of fused-ring (bicyclic) bond motifs is 1. The number of aryl methyl sites for hydroxylation is 2. The molecule has 152 valence electrons. The molecular formula is C24H22ClN3O2. The number of nitrogens with zero attached hydrogens (tertiary/aromatic N) is 2. The molecule has 0 aliphatic carbocycles. The predicted molar refractivity (Wildman–Crippen MR) is 122 cm³/mol. The molecule has 1 heterocycles. The molecular weight excluding hydrogens is 398 g/mol. The average molecular weight is 420 g/mol. The Morgan fingerprint density at radius 3 is 2.57 bits per heavy atom. The summed E-state index contributed by atoms with van der Waals surface area (Å²) in [6, 6.07) is 17.2. The minimum Gasteiger partial charge on any atom is -0.495 e. The highest BCUT2D eigenvalue weighted by molar-refractivity contribution is 6.31. The molecule has 6 heteroatoms. The third-order valence-electron chi connectivity index (χ3n) is 5.21. The number of ketones is 1. The first kappa shape index (κ1) is 20.0. The lowest BCUT2D eigenvalue weighted by Crippen LogP contribution is -2.03. The Balaban J connectivity index is 1.89. The number of Topliss-reactive ketones (excluding diaryl/α,β-unsaturated/α-hetero) is 1. The number of nitrogens with one attached hydrogen (secondary N) is 1. The minimum absolute atomic E-state index is 0.0321. The zero-order valence-electron chi connectivity index (χ0n) is 17.3. The summed E-state index contributed by atoms with van der Waals surface area (Å²) in [6.45, 7) is 3.55. The molecule has 0 spiro atoms. The molecule has 4 aromatic rings. The van der Waals surface area contributed by atoms with E-state index in [9.17, 15) is 4.79 Å². The number of aromatic nitrogens is 2. The van der Waals surface area contributed by atoms with Crippen molar-refractivity contribution in [3.8, 4) is 16.9 Å². The van der Waals surface area contributed by atoms with Crippen LogP contribution in [0.3, 0.4) is 0 Å². The number of imidazole rings is 1. The summed E-state index contributed by atoms with van der Waals surface area (Å²) < 4.78 is 7.50. The van der Waals surface area contributed by atoms with Gasteiger partial charge < -0.3 is 14.6 Å². The highest BCUT2D eigenvalue weighted by Gasteiger charge is 2.18. The Morgan fingerprint density at radius 1 is 1.10 bits per heavy atom. The SMILES string of the molecule is COc1cc(Cl)cc(C)c1Nc1nc2cccc(-c3ccccc3C(C)=O)c2n1C. The highest BCUT2D eigenvalue weighted by atomic mass is 35.5. The summed E-state index contributed by atoms with van der Waals surface area (Å²) in [5.74, 6) is 1.35. The number of rotatable bonds is 5. The third-order valence-corrected chi connectivity index (χ3v) is 5.43. The topological polar surface area (TPSA) is 56.1 Å². The van der Waals surface area contributed by atoms with Crippen LogP contribution in [0.1, 0.15) is 22.8 Å². The first-order chi connectivity index (χ1) is 14.4. The van der Waals surface area contributed by atoms with E-state index in [0.717, 1.165) is 33.4 Å². The van der Waals surface area contributed by atoms with Crippen LogP contribution in [0.4, 0.5) is 11.6 Å². The molecule has 5 nitrogen and oxygen atoms in total. The second kappa shape index (κ2) is 7.84. The second-order valence-electron chi connectivity index (χ2n) is 7.19. The summed E-state index contributed by atoms with van der Waals surface area (Å²) in [6.07, 6.45) is 0. The van der Waals surface area contributed by atoms with Gasteiger partial charge >= 0.3 is 0 Å². The Kier molecular flexibility index (Phi) is 5.22. The molecule has 0 saturated carbocycles. The third kappa shape index (κ3) is 3.42. The van der Waals surface area contributed by atoms with Gasteiger partial charge in [-0.15, -0.1) is 0 Å². The monoisotopic (exact) mass is 419 g/mol. The van der Waals surface area contributed by atoms with Crippen molar-refractivity contribution in [3.05, 3.63) is 70.7 Å². The molecule has 30 heavy (non-hydrogen) atoms. The number of hydrogen-bond donors (Lipinski definition) is 1. The molecule has 0 amide bonds. The van der Waals surface area contributed by atoms with Crippen LogP contribution < -0.4 is 10.1 Å². The summed E-state index contributed by atoms with van der Waals surface area (Å²) in [4.78, 5) is 17.0. The number of benzene rings is 3. The van der Waals surface area contributed by atoms with Crippen molar-refractivity contribution in [1.29, 1.82) is 0 Å². The van der Waals surface area contributed by atoms with Gasteiger partial charge in [-0.25, -0.2) is 4.98 Å². The van der Waals surface area contributed by atoms with Crippen LogP contribution in [0.5, 0.6) is 5.75 Å². The fraction of sp³-hybridized carbons (Fsp3) is 0.167. The number of methoxy groups -OCH3 is 1. The lowest BCUT2D eigenvalue weighted by Gasteiger charge is -2.15.